The van der Waals surface area contributed by atoms with Crippen molar-refractivity contribution < 1.29 is 24.2 Å². The van der Waals surface area contributed by atoms with E-state index in [0.717, 1.165) is 31.2 Å². The van der Waals surface area contributed by atoms with Gasteiger partial charge in [-0.1, -0.05) is 56.5 Å². The van der Waals surface area contributed by atoms with Crippen molar-refractivity contribution in [3.8, 4) is 0 Å². The number of hydrogen-bond acceptors (Lipinski definition) is 5. The fourth-order valence-corrected chi connectivity index (χ4v) is 5.62. The number of ether oxygens (including phenoxy) is 2. The van der Waals surface area contributed by atoms with E-state index in [-0.39, 0.29) is 18.5 Å². The van der Waals surface area contributed by atoms with Crippen molar-refractivity contribution in [1.29, 1.82) is 0 Å². The van der Waals surface area contributed by atoms with Gasteiger partial charge in [-0.25, -0.2) is 0 Å². The zero-order chi connectivity index (χ0) is 19.9. The van der Waals surface area contributed by atoms with Gasteiger partial charge in [0.2, 0.25) is 0 Å². The van der Waals surface area contributed by atoms with Crippen molar-refractivity contribution in [2.24, 2.45) is 11.3 Å². The molecule has 3 fully saturated rings. The molecule has 6 heteroatoms. The van der Waals surface area contributed by atoms with E-state index in [0.29, 0.717) is 13.0 Å². The number of fused-ring (bicyclic) bond motifs is 3. The van der Waals surface area contributed by atoms with Crippen LogP contribution >= 0.6 is 0 Å². The van der Waals surface area contributed by atoms with E-state index in [2.05, 4.69) is 0 Å². The molecule has 5 atom stereocenters. The number of carbonyl (C=O) groups is 2. The molecule has 3 aliphatic rings. The van der Waals surface area contributed by atoms with Gasteiger partial charge in [-0.05, 0) is 18.4 Å². The molecule has 0 bridgehead atoms. The van der Waals surface area contributed by atoms with E-state index in [9.17, 15) is 14.7 Å². The number of esters is 1. The normalized spacial score (nSPS) is 37.3. The number of aliphatic hydroxyl groups is 1. The standard InChI is InChI=1S/C22H29NO5/c1-21-11-7-4-8-12-22(21,26)16(20(25)27-2)13-23-18(21)17(19(23)24)28-14-15-9-5-3-6-10-15/h3,5-6,9-10,16-18,26H,4,7-8,11-14H2,1-2H3/t16-,17-,18-,21+,22+/m1/s1. The van der Waals surface area contributed by atoms with Gasteiger partial charge in [-0.2, -0.15) is 0 Å². The predicted molar refractivity (Wildman–Crippen MR) is 102 cm³/mol. The number of methoxy groups -OCH3 is 1. The summed E-state index contributed by atoms with van der Waals surface area (Å²) in [5.41, 5.74) is -0.777. The summed E-state index contributed by atoms with van der Waals surface area (Å²) in [5, 5.41) is 11.8. The van der Waals surface area contributed by atoms with Crippen LogP contribution in [0.25, 0.3) is 0 Å². The van der Waals surface area contributed by atoms with Crippen LogP contribution in [0.15, 0.2) is 30.3 Å². The molecule has 0 unspecified atom stereocenters. The van der Waals surface area contributed by atoms with Crippen molar-refractivity contribution in [3.63, 3.8) is 0 Å². The smallest absolute Gasteiger partial charge is 0.313 e. The minimum Gasteiger partial charge on any atom is -0.469 e. The molecule has 2 saturated heterocycles. The number of benzene rings is 1. The molecule has 4 rings (SSSR count). The quantitative estimate of drug-likeness (QED) is 0.634. The fraction of sp³-hybridized carbons (Fsp3) is 0.636. The molecule has 1 N–H and O–H groups in total. The van der Waals surface area contributed by atoms with Crippen LogP contribution in [0, 0.1) is 11.3 Å². The second-order valence-electron chi connectivity index (χ2n) is 8.63. The first-order valence-electron chi connectivity index (χ1n) is 10.2. The Morgan fingerprint density at radius 2 is 1.93 bits per heavy atom. The molecular weight excluding hydrogens is 358 g/mol. The van der Waals surface area contributed by atoms with Crippen LogP contribution in [0.3, 0.4) is 0 Å². The lowest BCUT2D eigenvalue weighted by molar-refractivity contribution is -0.254. The Morgan fingerprint density at radius 3 is 2.64 bits per heavy atom. The number of rotatable bonds is 4. The predicted octanol–water partition coefficient (Wildman–Crippen LogP) is 2.29. The maximum absolute atomic E-state index is 12.8. The third-order valence-corrected chi connectivity index (χ3v) is 7.26. The summed E-state index contributed by atoms with van der Waals surface area (Å²) in [6.07, 6.45) is 3.59. The van der Waals surface area contributed by atoms with Crippen LogP contribution in [0.5, 0.6) is 0 Å². The van der Waals surface area contributed by atoms with Crippen molar-refractivity contribution in [2.75, 3.05) is 13.7 Å². The number of hydrogen-bond donors (Lipinski definition) is 1. The Labute approximate surface area is 165 Å². The first-order chi connectivity index (χ1) is 13.4. The minimum atomic E-state index is -1.19. The van der Waals surface area contributed by atoms with E-state index >= 15 is 0 Å². The molecule has 2 aliphatic heterocycles. The minimum absolute atomic E-state index is 0.0950. The zero-order valence-corrected chi connectivity index (χ0v) is 16.6. The van der Waals surface area contributed by atoms with Crippen LogP contribution in [0.4, 0.5) is 0 Å². The van der Waals surface area contributed by atoms with Crippen molar-refractivity contribution in [2.45, 2.75) is 63.4 Å². The Hall–Kier alpha value is -1.92. The summed E-state index contributed by atoms with van der Waals surface area (Å²) >= 11 is 0. The van der Waals surface area contributed by atoms with Crippen LogP contribution < -0.4 is 0 Å². The molecule has 1 aliphatic carbocycles. The number of amides is 1. The Bertz CT molecular complexity index is 753. The van der Waals surface area contributed by atoms with Gasteiger partial charge in [0.15, 0.2) is 6.10 Å². The second kappa shape index (κ2) is 7.16. The summed E-state index contributed by atoms with van der Waals surface area (Å²) in [6, 6.07) is 9.56. The lowest BCUT2D eigenvalue weighted by Gasteiger charge is -2.65. The first-order valence-corrected chi connectivity index (χ1v) is 10.2. The lowest BCUT2D eigenvalue weighted by atomic mass is 9.54. The molecule has 0 spiro atoms. The van der Waals surface area contributed by atoms with Crippen LogP contribution in [0.1, 0.15) is 44.6 Å². The highest BCUT2D eigenvalue weighted by Gasteiger charge is 2.70. The highest BCUT2D eigenvalue weighted by atomic mass is 16.5. The summed E-state index contributed by atoms with van der Waals surface area (Å²) in [6.45, 7) is 2.58. The van der Waals surface area contributed by atoms with Gasteiger partial charge in [0.25, 0.3) is 5.91 Å². The molecule has 1 amide bonds. The molecule has 0 radical (unpaired) electrons. The highest BCUT2D eigenvalue weighted by Crippen LogP contribution is 2.57. The van der Waals surface area contributed by atoms with E-state index in [1.807, 2.05) is 37.3 Å². The molecule has 1 aromatic rings. The summed E-state index contributed by atoms with van der Waals surface area (Å²) in [5.74, 6) is -1.24. The average Bonchev–Trinajstić information content (AvgIpc) is 2.86. The van der Waals surface area contributed by atoms with Gasteiger partial charge in [-0.3, -0.25) is 9.59 Å². The van der Waals surface area contributed by atoms with Crippen molar-refractivity contribution in [1.82, 2.24) is 4.90 Å². The molecular formula is C22H29NO5. The first kappa shape index (κ1) is 19.4. The summed E-state index contributed by atoms with van der Waals surface area (Å²) in [4.78, 5) is 27.1. The summed E-state index contributed by atoms with van der Waals surface area (Å²) in [7, 11) is 1.34. The van der Waals surface area contributed by atoms with E-state index < -0.39 is 29.0 Å². The average molecular weight is 387 g/mol. The molecule has 152 valence electrons. The van der Waals surface area contributed by atoms with Crippen LogP contribution in [-0.2, 0) is 25.7 Å². The van der Waals surface area contributed by atoms with Gasteiger partial charge < -0.3 is 19.5 Å². The van der Waals surface area contributed by atoms with Gasteiger partial charge in [-0.15, -0.1) is 0 Å². The molecule has 1 saturated carbocycles. The SMILES string of the molecule is COC(=O)[C@H]1CN2C(=O)[C@H](OCc3ccccc3)[C@@H]2[C@]2(C)CCCCC[C@]12O. The number of carbonyl (C=O) groups excluding carboxylic acids is 2. The molecule has 1 aromatic carbocycles. The second-order valence-corrected chi connectivity index (χ2v) is 8.63. The Kier molecular flexibility index (Phi) is 4.96. The monoisotopic (exact) mass is 387 g/mol. The van der Waals surface area contributed by atoms with Gasteiger partial charge >= 0.3 is 5.97 Å². The highest BCUT2D eigenvalue weighted by molar-refractivity contribution is 5.90. The van der Waals surface area contributed by atoms with Crippen LogP contribution in [0.2, 0.25) is 0 Å². The Balaban J connectivity index is 1.63. The van der Waals surface area contributed by atoms with Gasteiger partial charge in [0.1, 0.15) is 5.92 Å². The van der Waals surface area contributed by atoms with Crippen molar-refractivity contribution in [3.05, 3.63) is 35.9 Å². The van der Waals surface area contributed by atoms with Crippen LogP contribution in [-0.4, -0.2) is 53.3 Å². The molecule has 6 nitrogen and oxygen atoms in total. The van der Waals surface area contributed by atoms with E-state index in [4.69, 9.17) is 9.47 Å². The van der Waals surface area contributed by atoms with Gasteiger partial charge in [0, 0.05) is 12.0 Å². The topological polar surface area (TPSA) is 76.1 Å². The van der Waals surface area contributed by atoms with E-state index in [1.54, 1.807) is 4.90 Å². The molecule has 2 heterocycles. The number of piperidine rings is 1. The largest absolute Gasteiger partial charge is 0.469 e. The number of nitrogens with zero attached hydrogens (tertiary/aromatic N) is 1. The molecule has 0 aromatic heterocycles. The van der Waals surface area contributed by atoms with E-state index in [1.165, 1.54) is 7.11 Å². The fourth-order valence-electron chi connectivity index (χ4n) is 5.62. The maximum Gasteiger partial charge on any atom is 0.313 e. The maximum atomic E-state index is 12.8. The third-order valence-electron chi connectivity index (χ3n) is 7.26. The third kappa shape index (κ3) is 2.77. The molecule has 28 heavy (non-hydrogen) atoms. The lowest BCUT2D eigenvalue weighted by Crippen LogP contribution is -2.81. The number of β-lactam (4-membered cyclic amide) rings is 1. The van der Waals surface area contributed by atoms with Crippen molar-refractivity contribution >= 4 is 11.9 Å². The Morgan fingerprint density at radius 1 is 1.21 bits per heavy atom. The van der Waals surface area contributed by atoms with Gasteiger partial charge in [0.05, 0.1) is 25.4 Å². The zero-order valence-electron chi connectivity index (χ0n) is 16.6. The summed E-state index contributed by atoms with van der Waals surface area (Å²) < 4.78 is 11.0.